The zero-order valence-corrected chi connectivity index (χ0v) is 13.3. The monoisotopic (exact) mass is 305 g/mol. The first kappa shape index (κ1) is 16.2. The fourth-order valence-electron chi connectivity index (χ4n) is 2.46. The first-order chi connectivity index (χ1) is 10.4. The SMILES string of the molecule is Cc1cc(C)n(CC(C)NC(=O)CCC2=NNC(=O)CC2)n1. The second kappa shape index (κ2) is 7.20. The number of nitrogens with one attached hydrogen (secondary N) is 2. The van der Waals surface area contributed by atoms with E-state index in [1.165, 1.54) is 0 Å². The van der Waals surface area contributed by atoms with E-state index in [9.17, 15) is 9.59 Å². The van der Waals surface area contributed by atoms with Crippen LogP contribution in [0.15, 0.2) is 11.2 Å². The highest BCUT2D eigenvalue weighted by molar-refractivity contribution is 5.94. The molecule has 1 aliphatic rings. The number of hydrogen-bond donors (Lipinski definition) is 2. The minimum Gasteiger partial charge on any atom is -0.352 e. The number of aryl methyl sites for hydroxylation is 2. The Labute approximate surface area is 130 Å². The van der Waals surface area contributed by atoms with E-state index in [4.69, 9.17) is 0 Å². The van der Waals surface area contributed by atoms with E-state index < -0.39 is 0 Å². The molecule has 2 rings (SSSR count). The van der Waals surface area contributed by atoms with Gasteiger partial charge in [0.15, 0.2) is 0 Å². The van der Waals surface area contributed by atoms with Crippen molar-refractivity contribution in [2.75, 3.05) is 0 Å². The second-order valence-corrected chi connectivity index (χ2v) is 5.79. The predicted molar refractivity (Wildman–Crippen MR) is 83.4 cm³/mol. The summed E-state index contributed by atoms with van der Waals surface area (Å²) in [5.74, 6) is -0.0691. The second-order valence-electron chi connectivity index (χ2n) is 5.79. The Balaban J connectivity index is 1.74. The molecule has 22 heavy (non-hydrogen) atoms. The third kappa shape index (κ3) is 4.68. The van der Waals surface area contributed by atoms with Crippen molar-refractivity contribution in [1.29, 1.82) is 0 Å². The van der Waals surface area contributed by atoms with E-state index in [0.717, 1.165) is 17.1 Å². The van der Waals surface area contributed by atoms with Crippen LogP contribution in [0.4, 0.5) is 0 Å². The lowest BCUT2D eigenvalue weighted by atomic mass is 10.1. The zero-order valence-electron chi connectivity index (χ0n) is 13.3. The molecule has 2 N–H and O–H groups in total. The number of aromatic nitrogens is 2. The summed E-state index contributed by atoms with van der Waals surface area (Å²) in [6.45, 7) is 6.58. The number of amides is 2. The lowest BCUT2D eigenvalue weighted by molar-refractivity contribution is -0.122. The molecule has 0 radical (unpaired) electrons. The van der Waals surface area contributed by atoms with E-state index in [0.29, 0.717) is 32.2 Å². The highest BCUT2D eigenvalue weighted by Gasteiger charge is 2.14. The number of rotatable bonds is 6. The van der Waals surface area contributed by atoms with Crippen molar-refractivity contribution in [1.82, 2.24) is 20.5 Å². The van der Waals surface area contributed by atoms with Gasteiger partial charge in [0.1, 0.15) is 0 Å². The van der Waals surface area contributed by atoms with E-state index in [-0.39, 0.29) is 17.9 Å². The standard InChI is InChI=1S/C15H23N5O2/c1-10-8-12(3)20(19-10)9-11(2)16-14(21)6-4-13-5-7-15(22)18-17-13/h8,11H,4-7,9H2,1-3H3,(H,16,21)(H,18,22). The van der Waals surface area contributed by atoms with Crippen LogP contribution in [0.2, 0.25) is 0 Å². The molecule has 1 atom stereocenters. The molecule has 0 bridgehead atoms. The topological polar surface area (TPSA) is 88.4 Å². The van der Waals surface area contributed by atoms with Crippen LogP contribution in [-0.4, -0.2) is 33.3 Å². The van der Waals surface area contributed by atoms with Gasteiger partial charge in [-0.25, -0.2) is 5.43 Å². The highest BCUT2D eigenvalue weighted by Crippen LogP contribution is 2.06. The average molecular weight is 305 g/mol. The highest BCUT2D eigenvalue weighted by atomic mass is 16.2. The molecule has 1 aromatic rings. The van der Waals surface area contributed by atoms with Gasteiger partial charge < -0.3 is 5.32 Å². The van der Waals surface area contributed by atoms with Gasteiger partial charge in [-0.05, 0) is 39.7 Å². The Hall–Kier alpha value is -2.18. The Morgan fingerprint density at radius 1 is 1.45 bits per heavy atom. The van der Waals surface area contributed by atoms with Gasteiger partial charge in [0.25, 0.3) is 0 Å². The normalized spacial score (nSPS) is 16.0. The minimum atomic E-state index is -0.0632. The maximum atomic E-state index is 12.0. The fourth-order valence-corrected chi connectivity index (χ4v) is 2.46. The van der Waals surface area contributed by atoms with Crippen molar-refractivity contribution in [3.8, 4) is 0 Å². The average Bonchev–Trinajstić information content (AvgIpc) is 2.76. The summed E-state index contributed by atoms with van der Waals surface area (Å²) in [4.78, 5) is 22.9. The van der Waals surface area contributed by atoms with Gasteiger partial charge in [-0.15, -0.1) is 0 Å². The molecule has 0 spiro atoms. The molecule has 120 valence electrons. The van der Waals surface area contributed by atoms with Crippen molar-refractivity contribution in [3.05, 3.63) is 17.5 Å². The van der Waals surface area contributed by atoms with Crippen molar-refractivity contribution < 1.29 is 9.59 Å². The lowest BCUT2D eigenvalue weighted by Crippen LogP contribution is -2.36. The first-order valence-corrected chi connectivity index (χ1v) is 7.58. The maximum Gasteiger partial charge on any atom is 0.240 e. The van der Waals surface area contributed by atoms with Crippen LogP contribution in [0.3, 0.4) is 0 Å². The molecule has 2 amide bonds. The minimum absolute atomic E-state index is 0.00590. The molecular formula is C15H23N5O2. The van der Waals surface area contributed by atoms with E-state index in [1.807, 2.05) is 31.5 Å². The Kier molecular flexibility index (Phi) is 5.30. The van der Waals surface area contributed by atoms with E-state index in [1.54, 1.807) is 0 Å². The van der Waals surface area contributed by atoms with Gasteiger partial charge in [-0.3, -0.25) is 14.3 Å². The quantitative estimate of drug-likeness (QED) is 0.823. The van der Waals surface area contributed by atoms with Crippen molar-refractivity contribution in [2.45, 2.75) is 59.0 Å². The van der Waals surface area contributed by atoms with Crippen LogP contribution in [0.1, 0.15) is 44.0 Å². The number of hydrazone groups is 1. The van der Waals surface area contributed by atoms with E-state index >= 15 is 0 Å². The summed E-state index contributed by atoms with van der Waals surface area (Å²) in [6, 6.07) is 2.03. The lowest BCUT2D eigenvalue weighted by Gasteiger charge is -2.16. The van der Waals surface area contributed by atoms with Crippen LogP contribution in [0.5, 0.6) is 0 Å². The van der Waals surface area contributed by atoms with Gasteiger partial charge in [-0.1, -0.05) is 0 Å². The third-order valence-electron chi connectivity index (χ3n) is 3.58. The Bertz CT molecular complexity index is 591. The Morgan fingerprint density at radius 2 is 2.23 bits per heavy atom. The van der Waals surface area contributed by atoms with Crippen LogP contribution in [0.25, 0.3) is 0 Å². The molecule has 7 heteroatoms. The van der Waals surface area contributed by atoms with Crippen molar-refractivity contribution in [3.63, 3.8) is 0 Å². The molecule has 0 aromatic carbocycles. The molecular weight excluding hydrogens is 282 g/mol. The third-order valence-corrected chi connectivity index (χ3v) is 3.58. The summed E-state index contributed by atoms with van der Waals surface area (Å²) in [5, 5.41) is 11.3. The largest absolute Gasteiger partial charge is 0.352 e. The molecule has 2 heterocycles. The molecule has 1 aliphatic heterocycles. The van der Waals surface area contributed by atoms with Gasteiger partial charge in [0.2, 0.25) is 11.8 Å². The maximum absolute atomic E-state index is 12.0. The molecule has 0 saturated carbocycles. The fraction of sp³-hybridized carbons (Fsp3) is 0.600. The predicted octanol–water partition coefficient (Wildman–Crippen LogP) is 1.05. The van der Waals surface area contributed by atoms with Gasteiger partial charge in [-0.2, -0.15) is 10.2 Å². The summed E-state index contributed by atoms with van der Waals surface area (Å²) in [7, 11) is 0. The van der Waals surface area contributed by atoms with Crippen LogP contribution in [0, 0.1) is 13.8 Å². The van der Waals surface area contributed by atoms with Crippen molar-refractivity contribution in [2.24, 2.45) is 5.10 Å². The van der Waals surface area contributed by atoms with E-state index in [2.05, 4.69) is 20.9 Å². The Morgan fingerprint density at radius 3 is 2.82 bits per heavy atom. The summed E-state index contributed by atoms with van der Waals surface area (Å²) >= 11 is 0. The molecule has 0 saturated heterocycles. The molecule has 7 nitrogen and oxygen atoms in total. The van der Waals surface area contributed by atoms with Gasteiger partial charge in [0.05, 0.1) is 12.2 Å². The first-order valence-electron chi connectivity index (χ1n) is 7.58. The summed E-state index contributed by atoms with van der Waals surface area (Å²) in [6.07, 6.45) is 2.06. The number of hydrogen-bond acceptors (Lipinski definition) is 4. The smallest absolute Gasteiger partial charge is 0.240 e. The number of carbonyl (C=O) groups excluding carboxylic acids is 2. The molecule has 0 aliphatic carbocycles. The summed E-state index contributed by atoms with van der Waals surface area (Å²) in [5.41, 5.74) is 5.39. The number of carbonyl (C=O) groups is 2. The van der Waals surface area contributed by atoms with Crippen LogP contribution in [-0.2, 0) is 16.1 Å². The zero-order chi connectivity index (χ0) is 16.1. The molecule has 1 unspecified atom stereocenters. The van der Waals surface area contributed by atoms with Gasteiger partial charge >= 0.3 is 0 Å². The van der Waals surface area contributed by atoms with Crippen LogP contribution < -0.4 is 10.7 Å². The molecule has 1 aromatic heterocycles. The van der Waals surface area contributed by atoms with Crippen LogP contribution >= 0.6 is 0 Å². The number of nitrogens with zero attached hydrogens (tertiary/aromatic N) is 3. The summed E-state index contributed by atoms with van der Waals surface area (Å²) < 4.78 is 1.90. The molecule has 0 fully saturated rings. The van der Waals surface area contributed by atoms with Crippen molar-refractivity contribution >= 4 is 17.5 Å². The van der Waals surface area contributed by atoms with Gasteiger partial charge in [0, 0.05) is 30.3 Å².